The van der Waals surface area contributed by atoms with Gasteiger partial charge in [0.15, 0.2) is 28.8 Å². The first-order valence-corrected chi connectivity index (χ1v) is 9.20. The van der Waals surface area contributed by atoms with E-state index in [0.717, 1.165) is 11.1 Å². The van der Waals surface area contributed by atoms with E-state index in [1.54, 1.807) is 28.4 Å². The summed E-state index contributed by atoms with van der Waals surface area (Å²) in [5.41, 5.74) is 3.13. The molecule has 1 aliphatic heterocycles. The summed E-state index contributed by atoms with van der Waals surface area (Å²) >= 11 is 0. The molecule has 0 atom stereocenters. The molecule has 0 amide bonds. The zero-order chi connectivity index (χ0) is 20.8. The topological polar surface area (TPSA) is 66.0 Å². The fourth-order valence-electron chi connectivity index (χ4n) is 3.22. The molecule has 0 spiro atoms. The van der Waals surface area contributed by atoms with E-state index >= 15 is 0 Å². The summed E-state index contributed by atoms with van der Waals surface area (Å²) in [5, 5.41) is 3.29. The Morgan fingerprint density at radius 2 is 1.10 bits per heavy atom. The number of carbonyl (C=O) groups is 1. The van der Waals surface area contributed by atoms with Crippen LogP contribution in [0.1, 0.15) is 11.1 Å². The molecule has 30 heavy (non-hydrogen) atoms. The predicted octanol–water partition coefficient (Wildman–Crippen LogP) is 3.78. The number of carbonyl (C=O) groups excluding carboxylic acids is 1. The molecule has 0 aliphatic carbocycles. The summed E-state index contributed by atoms with van der Waals surface area (Å²) in [7, 11) is 6.36. The second-order valence-electron chi connectivity index (χ2n) is 6.50. The van der Waals surface area contributed by atoms with Crippen LogP contribution >= 0.6 is 12.4 Å². The van der Waals surface area contributed by atoms with Crippen molar-refractivity contribution in [3.63, 3.8) is 0 Å². The lowest BCUT2D eigenvalue weighted by Crippen LogP contribution is -2.32. The number of hydrogen-bond acceptors (Lipinski definition) is 6. The van der Waals surface area contributed by atoms with Gasteiger partial charge < -0.3 is 24.3 Å². The van der Waals surface area contributed by atoms with Gasteiger partial charge in [-0.25, -0.2) is 0 Å². The van der Waals surface area contributed by atoms with Gasteiger partial charge in [0.1, 0.15) is 0 Å². The molecule has 7 heteroatoms. The first-order valence-electron chi connectivity index (χ1n) is 9.20. The molecule has 6 nitrogen and oxygen atoms in total. The van der Waals surface area contributed by atoms with Crippen LogP contribution in [0.25, 0.3) is 12.2 Å². The van der Waals surface area contributed by atoms with Crippen molar-refractivity contribution in [2.45, 2.75) is 0 Å². The monoisotopic (exact) mass is 431 g/mol. The van der Waals surface area contributed by atoms with Gasteiger partial charge in [0.2, 0.25) is 0 Å². The van der Waals surface area contributed by atoms with Crippen molar-refractivity contribution >= 4 is 30.3 Å². The van der Waals surface area contributed by atoms with Crippen molar-refractivity contribution in [3.8, 4) is 23.0 Å². The Kier molecular flexibility index (Phi) is 8.33. The number of benzene rings is 2. The molecule has 0 radical (unpaired) electrons. The quantitative estimate of drug-likeness (QED) is 0.702. The lowest BCUT2D eigenvalue weighted by molar-refractivity contribution is -0.112. The third-order valence-electron chi connectivity index (χ3n) is 4.71. The average molecular weight is 432 g/mol. The smallest absolute Gasteiger partial charge is 0.187 e. The van der Waals surface area contributed by atoms with Crippen molar-refractivity contribution in [1.82, 2.24) is 5.32 Å². The third-order valence-corrected chi connectivity index (χ3v) is 4.71. The van der Waals surface area contributed by atoms with E-state index in [1.807, 2.05) is 48.6 Å². The maximum absolute atomic E-state index is 13.0. The number of nitrogens with one attached hydrogen (secondary N) is 1. The van der Waals surface area contributed by atoms with Crippen LogP contribution in [0.4, 0.5) is 0 Å². The summed E-state index contributed by atoms with van der Waals surface area (Å²) in [5.74, 6) is 2.57. The van der Waals surface area contributed by atoms with E-state index in [9.17, 15) is 4.79 Å². The van der Waals surface area contributed by atoms with Crippen LogP contribution in [0.3, 0.4) is 0 Å². The maximum Gasteiger partial charge on any atom is 0.187 e. The fourth-order valence-corrected chi connectivity index (χ4v) is 3.22. The molecule has 1 aliphatic rings. The Bertz CT molecular complexity index is 893. The normalized spacial score (nSPS) is 16.2. The minimum atomic E-state index is 0. The Morgan fingerprint density at radius 3 is 1.47 bits per heavy atom. The average Bonchev–Trinajstić information content (AvgIpc) is 2.76. The van der Waals surface area contributed by atoms with Crippen molar-refractivity contribution in [1.29, 1.82) is 0 Å². The summed E-state index contributed by atoms with van der Waals surface area (Å²) in [6.45, 7) is 1.02. The molecule has 1 fully saturated rings. The van der Waals surface area contributed by atoms with Gasteiger partial charge in [-0.3, -0.25) is 4.79 Å². The van der Waals surface area contributed by atoms with Crippen LogP contribution < -0.4 is 24.3 Å². The Balaban J connectivity index is 0.00000320. The fraction of sp³-hybridized carbons (Fsp3) is 0.261. The molecule has 0 saturated carbocycles. The van der Waals surface area contributed by atoms with Crippen LogP contribution in [0.5, 0.6) is 23.0 Å². The highest BCUT2D eigenvalue weighted by Crippen LogP contribution is 2.30. The van der Waals surface area contributed by atoms with Gasteiger partial charge in [0, 0.05) is 24.2 Å². The van der Waals surface area contributed by atoms with Crippen LogP contribution in [-0.2, 0) is 4.79 Å². The van der Waals surface area contributed by atoms with Gasteiger partial charge in [-0.2, -0.15) is 0 Å². The molecule has 1 N–H and O–H groups in total. The van der Waals surface area contributed by atoms with E-state index < -0.39 is 0 Å². The lowest BCUT2D eigenvalue weighted by atomic mass is 9.95. The zero-order valence-electron chi connectivity index (χ0n) is 17.5. The molecule has 2 aromatic rings. The number of ether oxygens (including phenoxy) is 4. The summed E-state index contributed by atoms with van der Waals surface area (Å²) in [6, 6.07) is 11.2. The molecule has 160 valence electrons. The van der Waals surface area contributed by atoms with Gasteiger partial charge in [-0.05, 0) is 47.5 Å². The third kappa shape index (κ3) is 5.14. The molecular weight excluding hydrogens is 406 g/mol. The highest BCUT2D eigenvalue weighted by Gasteiger charge is 2.20. The van der Waals surface area contributed by atoms with Gasteiger partial charge >= 0.3 is 0 Å². The number of halogens is 1. The number of rotatable bonds is 6. The second-order valence-corrected chi connectivity index (χ2v) is 6.50. The van der Waals surface area contributed by atoms with Gasteiger partial charge in [-0.15, -0.1) is 12.4 Å². The Labute approximate surface area is 182 Å². The Morgan fingerprint density at radius 1 is 0.700 bits per heavy atom. The highest BCUT2D eigenvalue weighted by molar-refractivity contribution is 6.14. The number of methoxy groups -OCH3 is 4. The van der Waals surface area contributed by atoms with E-state index in [2.05, 4.69) is 5.32 Å². The van der Waals surface area contributed by atoms with Crippen LogP contribution in [0.15, 0.2) is 47.5 Å². The van der Waals surface area contributed by atoms with E-state index in [0.29, 0.717) is 47.2 Å². The highest BCUT2D eigenvalue weighted by atomic mass is 35.5. The number of ketones is 1. The largest absolute Gasteiger partial charge is 0.493 e. The molecule has 3 rings (SSSR count). The van der Waals surface area contributed by atoms with Crippen LogP contribution in [0.2, 0.25) is 0 Å². The van der Waals surface area contributed by atoms with Gasteiger partial charge in [0.25, 0.3) is 0 Å². The first-order chi connectivity index (χ1) is 14.1. The molecule has 1 heterocycles. The van der Waals surface area contributed by atoms with E-state index in [1.165, 1.54) is 0 Å². The first kappa shape index (κ1) is 23.3. The van der Waals surface area contributed by atoms with Crippen molar-refractivity contribution < 1.29 is 23.7 Å². The summed E-state index contributed by atoms with van der Waals surface area (Å²) in [6.07, 6.45) is 3.75. The van der Waals surface area contributed by atoms with Crippen molar-refractivity contribution in [2.75, 3.05) is 41.5 Å². The lowest BCUT2D eigenvalue weighted by Gasteiger charge is -2.18. The minimum Gasteiger partial charge on any atom is -0.493 e. The molecule has 0 unspecified atom stereocenters. The Hall–Kier alpha value is -2.96. The van der Waals surface area contributed by atoms with Gasteiger partial charge in [0.05, 0.1) is 28.4 Å². The standard InChI is InChI=1S/C23H25NO5.ClH/c1-26-19-7-5-15(11-21(19)28-3)9-17-13-24-14-18(23(17)25)10-16-6-8-20(27-2)22(12-16)29-4;/h5-12,24H,13-14H2,1-4H3;1H/b17-9+,18-10+;. The van der Waals surface area contributed by atoms with Crippen molar-refractivity contribution in [2.24, 2.45) is 0 Å². The van der Waals surface area contributed by atoms with Crippen LogP contribution in [-0.4, -0.2) is 47.3 Å². The molecule has 1 saturated heterocycles. The van der Waals surface area contributed by atoms with Crippen molar-refractivity contribution in [3.05, 3.63) is 58.7 Å². The van der Waals surface area contributed by atoms with Crippen LogP contribution in [0, 0.1) is 0 Å². The molecule has 0 bridgehead atoms. The number of piperidine rings is 1. The molecular formula is C23H26ClNO5. The van der Waals surface area contributed by atoms with E-state index in [-0.39, 0.29) is 18.2 Å². The number of Topliss-reactive ketones (excluding diaryl/α,β-unsaturated/α-hetero) is 1. The summed E-state index contributed by atoms with van der Waals surface area (Å²) < 4.78 is 21.2. The zero-order valence-corrected chi connectivity index (χ0v) is 18.3. The SMILES string of the molecule is COc1ccc(/C=C2\CNC/C(=C\c3ccc(OC)c(OC)c3)C2=O)cc1OC.Cl. The second kappa shape index (κ2) is 10.7. The maximum atomic E-state index is 13.0. The number of hydrogen-bond donors (Lipinski definition) is 1. The molecule has 0 aromatic heterocycles. The summed E-state index contributed by atoms with van der Waals surface area (Å²) in [4.78, 5) is 13.0. The van der Waals surface area contributed by atoms with Gasteiger partial charge in [-0.1, -0.05) is 12.1 Å². The predicted molar refractivity (Wildman–Crippen MR) is 120 cm³/mol. The molecule has 2 aromatic carbocycles. The minimum absolute atomic E-state index is 0. The van der Waals surface area contributed by atoms with E-state index in [4.69, 9.17) is 18.9 Å².